The van der Waals surface area contributed by atoms with Crippen molar-refractivity contribution in [1.29, 1.82) is 0 Å². The van der Waals surface area contributed by atoms with E-state index in [0.29, 0.717) is 16.5 Å². The zero-order chi connectivity index (χ0) is 17.3. The topological polar surface area (TPSA) is 84.0 Å². The highest BCUT2D eigenvalue weighted by molar-refractivity contribution is 9.10. The Morgan fingerprint density at radius 3 is 2.50 bits per heavy atom. The number of azo groups is 1. The predicted octanol–water partition coefficient (Wildman–Crippen LogP) is 4.69. The number of fused-ring (bicyclic) bond motifs is 1. The molecule has 0 unspecified atom stereocenters. The van der Waals surface area contributed by atoms with E-state index in [1.165, 1.54) is 6.92 Å². The number of carbonyl (C=O) groups is 2. The number of benzene rings is 2. The van der Waals surface area contributed by atoms with E-state index in [-0.39, 0.29) is 17.5 Å². The van der Waals surface area contributed by atoms with Crippen LogP contribution < -0.4 is 0 Å². The van der Waals surface area contributed by atoms with Crippen molar-refractivity contribution in [2.24, 2.45) is 10.2 Å². The largest absolute Gasteiger partial charge is 0.493 e. The van der Waals surface area contributed by atoms with E-state index in [1.807, 2.05) is 0 Å². The minimum Gasteiger partial charge on any atom is -0.493 e. The summed E-state index contributed by atoms with van der Waals surface area (Å²) in [6.07, 6.45) is 0. The normalized spacial score (nSPS) is 11.2. The number of carbonyl (C=O) groups excluding carboxylic acids is 2. The molecule has 0 radical (unpaired) electrons. The van der Waals surface area contributed by atoms with Gasteiger partial charge < -0.3 is 5.11 Å². The quantitative estimate of drug-likeness (QED) is 0.649. The van der Waals surface area contributed by atoms with Gasteiger partial charge in [-0.1, -0.05) is 34.1 Å². The Bertz CT molecular complexity index is 978. The monoisotopic (exact) mass is 385 g/mol. The molecule has 0 saturated carbocycles. The average molecular weight is 386 g/mol. The number of halogens is 1. The van der Waals surface area contributed by atoms with Crippen LogP contribution in [0.4, 0.5) is 5.69 Å². The molecule has 0 aliphatic heterocycles. The lowest BCUT2D eigenvalue weighted by atomic mass is 10.2. The lowest BCUT2D eigenvalue weighted by Gasteiger charge is -2.00. The van der Waals surface area contributed by atoms with Crippen LogP contribution in [0.2, 0.25) is 0 Å². The van der Waals surface area contributed by atoms with Crippen molar-refractivity contribution in [3.63, 3.8) is 0 Å². The molecular formula is C17H12BrN3O3. The Labute approximate surface area is 145 Å². The SMILES string of the molecule is CC(=O)n1c(O)c(N=NC(=O)c2ccccc2)c2cc(Br)ccc21. The van der Waals surface area contributed by atoms with Gasteiger partial charge in [-0.25, -0.2) is 4.57 Å². The van der Waals surface area contributed by atoms with Crippen molar-refractivity contribution in [3.05, 3.63) is 58.6 Å². The molecule has 0 aliphatic carbocycles. The van der Waals surface area contributed by atoms with E-state index in [0.717, 1.165) is 9.04 Å². The second kappa shape index (κ2) is 6.37. The molecule has 0 bridgehead atoms. The van der Waals surface area contributed by atoms with Gasteiger partial charge in [0.05, 0.1) is 5.52 Å². The first-order chi connectivity index (χ1) is 11.5. The lowest BCUT2D eigenvalue weighted by molar-refractivity contribution is 0.0932. The smallest absolute Gasteiger partial charge is 0.295 e. The number of aromatic nitrogens is 1. The maximum atomic E-state index is 12.0. The highest BCUT2D eigenvalue weighted by atomic mass is 79.9. The van der Waals surface area contributed by atoms with E-state index < -0.39 is 5.91 Å². The van der Waals surface area contributed by atoms with Crippen LogP contribution in [0.15, 0.2) is 63.2 Å². The maximum Gasteiger partial charge on any atom is 0.295 e. The van der Waals surface area contributed by atoms with Crippen LogP contribution in [0.1, 0.15) is 22.1 Å². The fourth-order valence-corrected chi connectivity index (χ4v) is 2.75. The maximum absolute atomic E-state index is 12.0. The van der Waals surface area contributed by atoms with E-state index >= 15 is 0 Å². The van der Waals surface area contributed by atoms with Crippen molar-refractivity contribution in [2.75, 3.05) is 0 Å². The molecular weight excluding hydrogens is 374 g/mol. The summed E-state index contributed by atoms with van der Waals surface area (Å²) in [5.74, 6) is -1.25. The molecule has 1 N–H and O–H groups in total. The molecule has 120 valence electrons. The van der Waals surface area contributed by atoms with Gasteiger partial charge in [0.25, 0.3) is 5.91 Å². The Balaban J connectivity index is 2.11. The fraction of sp³-hybridized carbons (Fsp3) is 0.0588. The summed E-state index contributed by atoms with van der Waals surface area (Å²) in [7, 11) is 0. The number of aromatic hydroxyl groups is 1. The van der Waals surface area contributed by atoms with E-state index in [1.54, 1.807) is 48.5 Å². The average Bonchev–Trinajstić information content (AvgIpc) is 2.84. The third-order valence-electron chi connectivity index (χ3n) is 3.45. The van der Waals surface area contributed by atoms with Gasteiger partial charge in [-0.05, 0) is 30.3 Å². The number of nitrogens with zero attached hydrogens (tertiary/aromatic N) is 3. The second-order valence-electron chi connectivity index (χ2n) is 5.06. The molecule has 0 spiro atoms. The van der Waals surface area contributed by atoms with Crippen molar-refractivity contribution < 1.29 is 14.7 Å². The fourth-order valence-electron chi connectivity index (χ4n) is 2.38. The van der Waals surface area contributed by atoms with E-state index in [9.17, 15) is 14.7 Å². The highest BCUT2D eigenvalue weighted by Gasteiger charge is 2.19. The molecule has 0 saturated heterocycles. The Kier molecular flexibility index (Phi) is 4.26. The van der Waals surface area contributed by atoms with Crippen LogP contribution in [0.5, 0.6) is 5.88 Å². The van der Waals surface area contributed by atoms with Crippen molar-refractivity contribution in [2.45, 2.75) is 6.92 Å². The molecule has 6 nitrogen and oxygen atoms in total. The molecule has 3 rings (SSSR count). The molecule has 1 amide bonds. The van der Waals surface area contributed by atoms with Crippen LogP contribution in [-0.2, 0) is 0 Å². The Hall–Kier alpha value is -2.80. The standard InChI is InChI=1S/C17H12BrN3O3/c1-10(22)21-14-8-7-12(18)9-13(14)15(17(21)24)19-20-16(23)11-5-3-2-4-6-11/h2-9,24H,1H3. The van der Waals surface area contributed by atoms with Gasteiger partial charge in [-0.15, -0.1) is 10.2 Å². The van der Waals surface area contributed by atoms with E-state index in [2.05, 4.69) is 26.2 Å². The minimum absolute atomic E-state index is 0.0748. The molecule has 7 heteroatoms. The van der Waals surface area contributed by atoms with Crippen LogP contribution >= 0.6 is 15.9 Å². The summed E-state index contributed by atoms with van der Waals surface area (Å²) in [5.41, 5.74) is 0.951. The second-order valence-corrected chi connectivity index (χ2v) is 5.97. The van der Waals surface area contributed by atoms with Gasteiger partial charge in [-0.2, -0.15) is 0 Å². The van der Waals surface area contributed by atoms with Crippen LogP contribution in [-0.4, -0.2) is 21.5 Å². The van der Waals surface area contributed by atoms with Gasteiger partial charge in [0.2, 0.25) is 11.8 Å². The zero-order valence-corrected chi connectivity index (χ0v) is 14.2. The third kappa shape index (κ3) is 2.85. The number of hydrogen-bond donors (Lipinski definition) is 1. The zero-order valence-electron chi connectivity index (χ0n) is 12.6. The number of hydrogen-bond acceptors (Lipinski definition) is 4. The molecule has 0 fully saturated rings. The number of amides is 1. The van der Waals surface area contributed by atoms with Gasteiger partial charge in [0.15, 0.2) is 5.69 Å². The van der Waals surface area contributed by atoms with Crippen molar-refractivity contribution in [3.8, 4) is 5.88 Å². The first kappa shape index (κ1) is 16.1. The highest BCUT2D eigenvalue weighted by Crippen LogP contribution is 2.40. The summed E-state index contributed by atoms with van der Waals surface area (Å²) in [6.45, 7) is 1.33. The summed E-state index contributed by atoms with van der Waals surface area (Å²) in [5, 5.41) is 18.4. The molecule has 24 heavy (non-hydrogen) atoms. The van der Waals surface area contributed by atoms with Crippen LogP contribution in [0, 0.1) is 0 Å². The molecule has 2 aromatic carbocycles. The summed E-state index contributed by atoms with van der Waals surface area (Å²) >= 11 is 3.34. The lowest BCUT2D eigenvalue weighted by Crippen LogP contribution is -2.03. The van der Waals surface area contributed by atoms with Gasteiger partial charge in [0, 0.05) is 22.3 Å². The molecule has 1 heterocycles. The van der Waals surface area contributed by atoms with Gasteiger partial charge >= 0.3 is 0 Å². The van der Waals surface area contributed by atoms with Crippen LogP contribution in [0.25, 0.3) is 10.9 Å². The van der Waals surface area contributed by atoms with Crippen molar-refractivity contribution in [1.82, 2.24) is 4.57 Å². The first-order valence-electron chi connectivity index (χ1n) is 7.04. The first-order valence-corrected chi connectivity index (χ1v) is 7.83. The van der Waals surface area contributed by atoms with Crippen LogP contribution in [0.3, 0.4) is 0 Å². The Morgan fingerprint density at radius 2 is 1.83 bits per heavy atom. The van der Waals surface area contributed by atoms with Crippen molar-refractivity contribution >= 4 is 44.3 Å². The molecule has 0 aliphatic rings. The minimum atomic E-state index is -0.534. The molecule has 3 aromatic rings. The third-order valence-corrected chi connectivity index (χ3v) is 3.95. The van der Waals surface area contributed by atoms with E-state index in [4.69, 9.17) is 0 Å². The summed E-state index contributed by atoms with van der Waals surface area (Å²) in [4.78, 5) is 23.8. The predicted molar refractivity (Wildman–Crippen MR) is 92.9 cm³/mol. The summed E-state index contributed by atoms with van der Waals surface area (Å²) < 4.78 is 1.88. The van der Waals surface area contributed by atoms with Gasteiger partial charge in [0.1, 0.15) is 0 Å². The molecule has 0 atom stereocenters. The molecule has 1 aromatic heterocycles. The Morgan fingerprint density at radius 1 is 1.12 bits per heavy atom. The van der Waals surface area contributed by atoms with Gasteiger partial charge in [-0.3, -0.25) is 9.59 Å². The number of rotatable bonds is 2. The summed E-state index contributed by atoms with van der Waals surface area (Å²) in [6, 6.07) is 13.6.